The monoisotopic (exact) mass is 202 g/mol. The van der Waals surface area contributed by atoms with Crippen LogP contribution in [0.25, 0.3) is 0 Å². The molecule has 14 heavy (non-hydrogen) atoms. The molecular formula is C9H18N2O3. The van der Waals surface area contributed by atoms with Crippen molar-refractivity contribution in [3.05, 3.63) is 0 Å². The van der Waals surface area contributed by atoms with Crippen molar-refractivity contribution in [2.75, 3.05) is 26.4 Å². The quantitative estimate of drug-likeness (QED) is 0.576. The average Bonchev–Trinajstić information content (AvgIpc) is 2.52. The molecule has 0 radical (unpaired) electrons. The summed E-state index contributed by atoms with van der Waals surface area (Å²) in [6.45, 7) is 3.62. The summed E-state index contributed by atoms with van der Waals surface area (Å²) in [6.07, 6.45) is 0.984. The van der Waals surface area contributed by atoms with Gasteiger partial charge in [-0.25, -0.2) is 0 Å². The molecule has 5 nitrogen and oxygen atoms in total. The molecule has 1 saturated heterocycles. The first-order valence-corrected chi connectivity index (χ1v) is 4.93. The number of carbonyl (C=O) groups excluding carboxylic acids is 1. The topological polar surface area (TPSA) is 73.6 Å². The minimum absolute atomic E-state index is 0.0837. The highest BCUT2D eigenvalue weighted by Gasteiger charge is 2.25. The van der Waals surface area contributed by atoms with Gasteiger partial charge in [-0.1, -0.05) is 0 Å². The highest BCUT2D eigenvalue weighted by Crippen LogP contribution is 2.12. The maximum atomic E-state index is 11.3. The number of amides is 1. The van der Waals surface area contributed by atoms with Crippen LogP contribution in [0.2, 0.25) is 0 Å². The summed E-state index contributed by atoms with van der Waals surface area (Å²) in [4.78, 5) is 11.3. The Morgan fingerprint density at radius 2 is 2.50 bits per heavy atom. The van der Waals surface area contributed by atoms with Gasteiger partial charge >= 0.3 is 0 Å². The van der Waals surface area contributed by atoms with Crippen LogP contribution >= 0.6 is 0 Å². The molecule has 0 aromatic rings. The van der Waals surface area contributed by atoms with Crippen molar-refractivity contribution in [3.8, 4) is 0 Å². The SMILES string of the molecule is CC1OCCC1NC(=O)COCCN. The lowest BCUT2D eigenvalue weighted by Crippen LogP contribution is -2.41. The lowest BCUT2D eigenvalue weighted by Gasteiger charge is -2.15. The second-order valence-corrected chi connectivity index (χ2v) is 3.38. The molecule has 1 heterocycles. The highest BCUT2D eigenvalue weighted by atomic mass is 16.5. The van der Waals surface area contributed by atoms with E-state index in [0.717, 1.165) is 13.0 Å². The number of rotatable bonds is 5. The zero-order valence-corrected chi connectivity index (χ0v) is 8.49. The van der Waals surface area contributed by atoms with E-state index in [0.29, 0.717) is 13.2 Å². The Labute approximate surface area is 83.9 Å². The lowest BCUT2D eigenvalue weighted by atomic mass is 10.1. The maximum absolute atomic E-state index is 11.3. The number of carbonyl (C=O) groups is 1. The van der Waals surface area contributed by atoms with E-state index in [4.69, 9.17) is 15.2 Å². The first-order chi connectivity index (χ1) is 6.74. The molecule has 0 bridgehead atoms. The third-order valence-corrected chi connectivity index (χ3v) is 2.22. The van der Waals surface area contributed by atoms with Crippen molar-refractivity contribution in [3.63, 3.8) is 0 Å². The van der Waals surface area contributed by atoms with E-state index in [1.54, 1.807) is 0 Å². The largest absolute Gasteiger partial charge is 0.376 e. The fraction of sp³-hybridized carbons (Fsp3) is 0.889. The van der Waals surface area contributed by atoms with Crippen LogP contribution in [0.3, 0.4) is 0 Å². The van der Waals surface area contributed by atoms with Gasteiger partial charge in [-0.05, 0) is 13.3 Å². The standard InChI is InChI=1S/C9H18N2O3/c1-7-8(2-4-14-7)11-9(12)6-13-5-3-10/h7-8H,2-6,10H2,1H3,(H,11,12). The molecule has 0 aliphatic carbocycles. The average molecular weight is 202 g/mol. The molecule has 2 unspecified atom stereocenters. The summed E-state index contributed by atoms with van der Waals surface area (Å²) in [5.74, 6) is -0.0965. The molecule has 0 aromatic carbocycles. The smallest absolute Gasteiger partial charge is 0.246 e. The molecule has 3 N–H and O–H groups in total. The molecule has 1 amide bonds. The number of nitrogens with two attached hydrogens (primary N) is 1. The van der Waals surface area contributed by atoms with Gasteiger partial charge in [0.2, 0.25) is 5.91 Å². The molecule has 2 atom stereocenters. The molecule has 0 spiro atoms. The first kappa shape index (κ1) is 11.4. The minimum Gasteiger partial charge on any atom is -0.376 e. The summed E-state index contributed by atoms with van der Waals surface area (Å²) in [5, 5.41) is 2.86. The highest BCUT2D eigenvalue weighted by molar-refractivity contribution is 5.77. The van der Waals surface area contributed by atoms with Crippen molar-refractivity contribution < 1.29 is 14.3 Å². The van der Waals surface area contributed by atoms with Gasteiger partial charge in [-0.15, -0.1) is 0 Å². The van der Waals surface area contributed by atoms with Crippen molar-refractivity contribution in [2.24, 2.45) is 5.73 Å². The molecule has 82 valence electrons. The summed E-state index contributed by atoms with van der Waals surface area (Å²) in [5.41, 5.74) is 5.22. The third-order valence-electron chi connectivity index (χ3n) is 2.22. The van der Waals surface area contributed by atoms with Crippen molar-refractivity contribution in [2.45, 2.75) is 25.5 Å². The molecule has 0 saturated carbocycles. The second-order valence-electron chi connectivity index (χ2n) is 3.38. The molecular weight excluding hydrogens is 184 g/mol. The van der Waals surface area contributed by atoms with Gasteiger partial charge < -0.3 is 20.5 Å². The van der Waals surface area contributed by atoms with Gasteiger partial charge in [-0.3, -0.25) is 4.79 Å². The Kier molecular flexibility index (Phi) is 4.86. The van der Waals surface area contributed by atoms with Crippen LogP contribution in [0.5, 0.6) is 0 Å². The number of nitrogens with one attached hydrogen (secondary N) is 1. The van der Waals surface area contributed by atoms with E-state index < -0.39 is 0 Å². The van der Waals surface area contributed by atoms with Crippen molar-refractivity contribution >= 4 is 5.91 Å². The van der Waals surface area contributed by atoms with E-state index in [1.807, 2.05) is 6.92 Å². The molecule has 5 heteroatoms. The Bertz CT molecular complexity index is 187. The Balaban J connectivity index is 2.13. The molecule has 1 aliphatic heterocycles. The van der Waals surface area contributed by atoms with Gasteiger partial charge in [0.1, 0.15) is 6.61 Å². The summed E-state index contributed by atoms with van der Waals surface area (Å²) < 4.78 is 10.3. The summed E-state index contributed by atoms with van der Waals surface area (Å²) >= 11 is 0. The molecule has 1 rings (SSSR count). The van der Waals surface area contributed by atoms with Gasteiger partial charge in [0, 0.05) is 13.2 Å². The van der Waals surface area contributed by atoms with E-state index in [9.17, 15) is 4.79 Å². The van der Waals surface area contributed by atoms with Gasteiger partial charge in [-0.2, -0.15) is 0 Å². The Hall–Kier alpha value is -0.650. The van der Waals surface area contributed by atoms with Crippen LogP contribution < -0.4 is 11.1 Å². The van der Waals surface area contributed by atoms with Crippen LogP contribution in [-0.4, -0.2) is 44.4 Å². The van der Waals surface area contributed by atoms with Gasteiger partial charge in [0.15, 0.2) is 0 Å². The van der Waals surface area contributed by atoms with Crippen LogP contribution in [-0.2, 0) is 14.3 Å². The fourth-order valence-electron chi connectivity index (χ4n) is 1.42. The Morgan fingerprint density at radius 1 is 1.71 bits per heavy atom. The van der Waals surface area contributed by atoms with Crippen molar-refractivity contribution in [1.29, 1.82) is 0 Å². The van der Waals surface area contributed by atoms with E-state index >= 15 is 0 Å². The van der Waals surface area contributed by atoms with Crippen molar-refractivity contribution in [1.82, 2.24) is 5.32 Å². The Morgan fingerprint density at radius 3 is 3.07 bits per heavy atom. The maximum Gasteiger partial charge on any atom is 0.246 e. The minimum atomic E-state index is -0.0965. The van der Waals surface area contributed by atoms with Gasteiger partial charge in [0.05, 0.1) is 18.8 Å². The van der Waals surface area contributed by atoms with E-state index in [2.05, 4.69) is 5.32 Å². The number of hydrogen-bond acceptors (Lipinski definition) is 4. The number of ether oxygens (including phenoxy) is 2. The van der Waals surface area contributed by atoms with Crippen LogP contribution in [0.4, 0.5) is 0 Å². The van der Waals surface area contributed by atoms with Crippen LogP contribution in [0.1, 0.15) is 13.3 Å². The second kappa shape index (κ2) is 5.95. The van der Waals surface area contributed by atoms with Crippen LogP contribution in [0.15, 0.2) is 0 Å². The zero-order valence-electron chi connectivity index (χ0n) is 8.49. The van der Waals surface area contributed by atoms with E-state index in [1.165, 1.54) is 0 Å². The molecule has 0 aromatic heterocycles. The summed E-state index contributed by atoms with van der Waals surface area (Å²) in [6, 6.07) is 0.129. The molecule has 1 aliphatic rings. The third kappa shape index (κ3) is 3.61. The summed E-state index contributed by atoms with van der Waals surface area (Å²) in [7, 11) is 0. The number of hydrogen-bond donors (Lipinski definition) is 2. The predicted molar refractivity (Wildman–Crippen MR) is 51.8 cm³/mol. The van der Waals surface area contributed by atoms with E-state index in [-0.39, 0.29) is 24.7 Å². The molecule has 1 fully saturated rings. The van der Waals surface area contributed by atoms with Gasteiger partial charge in [0.25, 0.3) is 0 Å². The fourth-order valence-corrected chi connectivity index (χ4v) is 1.42. The van der Waals surface area contributed by atoms with Crippen LogP contribution in [0, 0.1) is 0 Å². The normalized spacial score (nSPS) is 26.4. The first-order valence-electron chi connectivity index (χ1n) is 4.93. The predicted octanol–water partition coefficient (Wildman–Crippen LogP) is -0.745. The zero-order chi connectivity index (χ0) is 10.4. The lowest BCUT2D eigenvalue weighted by molar-refractivity contribution is -0.126.